The van der Waals surface area contributed by atoms with Crippen molar-refractivity contribution in [2.45, 2.75) is 20.8 Å². The number of hydrogen-bond acceptors (Lipinski definition) is 4. The molecule has 0 bridgehead atoms. The van der Waals surface area contributed by atoms with Gasteiger partial charge in [0.25, 0.3) is 0 Å². The summed E-state index contributed by atoms with van der Waals surface area (Å²) in [6.07, 6.45) is 1.21. The minimum Gasteiger partial charge on any atom is -0.496 e. The monoisotopic (exact) mass is 261 g/mol. The van der Waals surface area contributed by atoms with E-state index in [1.54, 1.807) is 7.11 Å². The number of carbonyl (C=O) groups is 1. The molecule has 1 aromatic carbocycles. The molecule has 1 N–H and O–H groups in total. The first-order valence-corrected chi connectivity index (χ1v) is 5.80. The van der Waals surface area contributed by atoms with Gasteiger partial charge in [-0.25, -0.2) is 4.79 Å². The zero-order valence-corrected chi connectivity index (χ0v) is 11.3. The zero-order valence-electron chi connectivity index (χ0n) is 11.3. The summed E-state index contributed by atoms with van der Waals surface area (Å²) in [5.41, 5.74) is 3.60. The molecule has 0 atom stereocenters. The van der Waals surface area contributed by atoms with E-state index in [4.69, 9.17) is 14.4 Å². The molecule has 0 aliphatic carbocycles. The van der Waals surface area contributed by atoms with Crippen molar-refractivity contribution in [3.63, 3.8) is 0 Å². The molecule has 2 rings (SSSR count). The quantitative estimate of drug-likeness (QED) is 0.919. The van der Waals surface area contributed by atoms with Gasteiger partial charge in [-0.2, -0.15) is 0 Å². The van der Waals surface area contributed by atoms with E-state index in [0.29, 0.717) is 0 Å². The largest absolute Gasteiger partial charge is 0.496 e. The molecule has 0 amide bonds. The molecule has 1 heterocycles. The van der Waals surface area contributed by atoms with E-state index >= 15 is 0 Å². The molecule has 1 aromatic heterocycles. The third kappa shape index (κ3) is 2.07. The highest BCUT2D eigenvalue weighted by molar-refractivity contribution is 5.94. The van der Waals surface area contributed by atoms with Crippen molar-refractivity contribution in [3.05, 3.63) is 34.5 Å². The molecule has 5 nitrogen and oxygen atoms in total. The number of rotatable bonds is 3. The highest BCUT2D eigenvalue weighted by Gasteiger charge is 2.21. The Morgan fingerprint density at radius 2 is 2.00 bits per heavy atom. The molecule has 0 saturated carbocycles. The Bertz CT molecular complexity index is 643. The predicted octanol–water partition coefficient (Wildman–Crippen LogP) is 2.97. The zero-order chi connectivity index (χ0) is 14.2. The van der Waals surface area contributed by atoms with Crippen LogP contribution in [0.15, 0.2) is 16.8 Å². The Kier molecular flexibility index (Phi) is 3.29. The Labute approximate surface area is 110 Å². The fourth-order valence-corrected chi connectivity index (χ4v) is 2.19. The van der Waals surface area contributed by atoms with Crippen LogP contribution in [0.5, 0.6) is 5.75 Å². The second-order valence-electron chi connectivity index (χ2n) is 4.40. The molecule has 0 unspecified atom stereocenters. The fraction of sp³-hybridized carbons (Fsp3) is 0.286. The molecule has 0 saturated heterocycles. The number of hydrogen-bond donors (Lipinski definition) is 1. The van der Waals surface area contributed by atoms with Crippen LogP contribution in [0.2, 0.25) is 0 Å². The number of aromatic nitrogens is 1. The van der Waals surface area contributed by atoms with Crippen LogP contribution in [0.25, 0.3) is 11.3 Å². The topological polar surface area (TPSA) is 72.6 Å². The van der Waals surface area contributed by atoms with E-state index in [-0.39, 0.29) is 11.3 Å². The van der Waals surface area contributed by atoms with Gasteiger partial charge in [0.15, 0.2) is 5.76 Å². The summed E-state index contributed by atoms with van der Waals surface area (Å²) < 4.78 is 10.4. The van der Waals surface area contributed by atoms with Crippen molar-refractivity contribution in [1.82, 2.24) is 5.16 Å². The Balaban J connectivity index is 2.70. The van der Waals surface area contributed by atoms with E-state index in [9.17, 15) is 4.79 Å². The lowest BCUT2D eigenvalue weighted by molar-refractivity contribution is 0.0697. The predicted molar refractivity (Wildman–Crippen MR) is 69.7 cm³/mol. The van der Waals surface area contributed by atoms with Gasteiger partial charge in [-0.05, 0) is 43.5 Å². The molecule has 0 aliphatic rings. The average molecular weight is 261 g/mol. The summed E-state index contributed by atoms with van der Waals surface area (Å²) in [5, 5.41) is 12.7. The smallest absolute Gasteiger partial charge is 0.341 e. The summed E-state index contributed by atoms with van der Waals surface area (Å²) in [7, 11) is 1.62. The van der Waals surface area contributed by atoms with E-state index in [0.717, 1.165) is 28.0 Å². The minimum atomic E-state index is -1.05. The maximum atomic E-state index is 11.1. The number of carboxylic acids is 1. The van der Waals surface area contributed by atoms with E-state index in [1.807, 2.05) is 26.8 Å². The highest BCUT2D eigenvalue weighted by Crippen LogP contribution is 2.35. The van der Waals surface area contributed by atoms with Crippen LogP contribution in [0.3, 0.4) is 0 Å². The van der Waals surface area contributed by atoms with Crippen LogP contribution in [0.4, 0.5) is 0 Å². The van der Waals surface area contributed by atoms with E-state index < -0.39 is 5.97 Å². The normalized spacial score (nSPS) is 10.5. The average Bonchev–Trinajstić information content (AvgIpc) is 2.83. The summed E-state index contributed by atoms with van der Waals surface area (Å²) >= 11 is 0. The van der Waals surface area contributed by atoms with Crippen molar-refractivity contribution in [3.8, 4) is 17.1 Å². The van der Waals surface area contributed by atoms with Crippen molar-refractivity contribution >= 4 is 5.97 Å². The number of aromatic carboxylic acids is 1. The summed E-state index contributed by atoms with van der Waals surface area (Å²) in [5.74, 6) is 0.0262. The molecular formula is C14H15NO4. The summed E-state index contributed by atoms with van der Waals surface area (Å²) in [6, 6.07) is 1.86. The molecule has 0 aliphatic heterocycles. The number of carboxylic acid groups (broad SMARTS) is 1. The third-order valence-corrected chi connectivity index (χ3v) is 3.28. The lowest BCUT2D eigenvalue weighted by Crippen LogP contribution is -2.00. The van der Waals surface area contributed by atoms with E-state index in [1.165, 1.54) is 6.20 Å². The molecule has 5 heteroatoms. The van der Waals surface area contributed by atoms with E-state index in [2.05, 4.69) is 5.16 Å². The van der Waals surface area contributed by atoms with Crippen molar-refractivity contribution < 1.29 is 19.2 Å². The number of ether oxygens (including phenoxy) is 1. The van der Waals surface area contributed by atoms with Gasteiger partial charge in [-0.3, -0.25) is 0 Å². The molecule has 0 radical (unpaired) electrons. The molecule has 0 fully saturated rings. The first-order chi connectivity index (χ1) is 8.97. The van der Waals surface area contributed by atoms with Gasteiger partial charge in [-0.1, -0.05) is 5.16 Å². The summed E-state index contributed by atoms with van der Waals surface area (Å²) in [6.45, 7) is 5.74. The van der Waals surface area contributed by atoms with Gasteiger partial charge in [0.05, 0.1) is 13.3 Å². The lowest BCUT2D eigenvalue weighted by atomic mass is 9.95. The van der Waals surface area contributed by atoms with Crippen molar-refractivity contribution in [2.75, 3.05) is 7.11 Å². The van der Waals surface area contributed by atoms with Crippen LogP contribution < -0.4 is 4.74 Å². The number of benzene rings is 1. The highest BCUT2D eigenvalue weighted by atomic mass is 16.5. The van der Waals surface area contributed by atoms with Gasteiger partial charge in [0, 0.05) is 5.56 Å². The lowest BCUT2D eigenvalue weighted by Gasteiger charge is -2.14. The molecule has 0 spiro atoms. The SMILES string of the molecule is COc1c(C)cc(-c2oncc2C(=O)O)c(C)c1C. The molecule has 19 heavy (non-hydrogen) atoms. The van der Waals surface area contributed by atoms with Crippen LogP contribution >= 0.6 is 0 Å². The first kappa shape index (κ1) is 13.1. The number of nitrogens with zero attached hydrogens (tertiary/aromatic N) is 1. The second kappa shape index (κ2) is 4.76. The van der Waals surface area contributed by atoms with Crippen molar-refractivity contribution in [2.24, 2.45) is 0 Å². The van der Waals surface area contributed by atoms with Gasteiger partial charge in [-0.15, -0.1) is 0 Å². The molecule has 100 valence electrons. The maximum Gasteiger partial charge on any atom is 0.341 e. The van der Waals surface area contributed by atoms with Gasteiger partial charge in [0.2, 0.25) is 0 Å². The Hall–Kier alpha value is -2.30. The fourth-order valence-electron chi connectivity index (χ4n) is 2.19. The van der Waals surface area contributed by atoms with Gasteiger partial charge < -0.3 is 14.4 Å². The number of methoxy groups -OCH3 is 1. The minimum absolute atomic E-state index is 0.0621. The Morgan fingerprint density at radius 1 is 1.32 bits per heavy atom. The van der Waals surface area contributed by atoms with Gasteiger partial charge >= 0.3 is 5.97 Å². The summed E-state index contributed by atoms with van der Waals surface area (Å²) in [4.78, 5) is 11.1. The second-order valence-corrected chi connectivity index (χ2v) is 4.40. The van der Waals surface area contributed by atoms with Gasteiger partial charge in [0.1, 0.15) is 11.3 Å². The maximum absolute atomic E-state index is 11.1. The standard InChI is InChI=1S/C14H15NO4/c1-7-5-10(8(2)9(3)12(7)18-4)13-11(14(16)17)6-15-19-13/h5-6H,1-4H3,(H,16,17). The first-order valence-electron chi connectivity index (χ1n) is 5.80. The van der Waals surface area contributed by atoms with Crippen molar-refractivity contribution in [1.29, 1.82) is 0 Å². The molecule has 2 aromatic rings. The third-order valence-electron chi connectivity index (χ3n) is 3.28. The Morgan fingerprint density at radius 3 is 2.58 bits per heavy atom. The van der Waals surface area contributed by atoms with Crippen LogP contribution in [-0.4, -0.2) is 23.3 Å². The molecular weight excluding hydrogens is 246 g/mol. The van der Waals surface area contributed by atoms with Crippen LogP contribution in [0, 0.1) is 20.8 Å². The van der Waals surface area contributed by atoms with Crippen LogP contribution in [0.1, 0.15) is 27.0 Å². The number of aryl methyl sites for hydroxylation is 1. The van der Waals surface area contributed by atoms with Crippen LogP contribution in [-0.2, 0) is 0 Å².